The van der Waals surface area contributed by atoms with Gasteiger partial charge in [0, 0.05) is 18.0 Å². The van der Waals surface area contributed by atoms with Crippen LogP contribution in [-0.2, 0) is 19.4 Å². The lowest BCUT2D eigenvalue weighted by molar-refractivity contribution is 0.606. The van der Waals surface area contributed by atoms with Crippen molar-refractivity contribution in [1.29, 1.82) is 0 Å². The maximum atomic E-state index is 4.94. The van der Waals surface area contributed by atoms with Crippen LogP contribution in [0.25, 0.3) is 0 Å². The Morgan fingerprint density at radius 3 is 2.62 bits per heavy atom. The fourth-order valence-electron chi connectivity index (χ4n) is 2.93. The molecule has 0 radical (unpaired) electrons. The molecule has 0 bridgehead atoms. The van der Waals surface area contributed by atoms with Gasteiger partial charge in [-0.05, 0) is 37.2 Å². The first-order valence-corrected chi connectivity index (χ1v) is 8.81. The number of hydrogen-bond acceptors (Lipinski definition) is 3. The van der Waals surface area contributed by atoms with Crippen molar-refractivity contribution in [3.8, 4) is 0 Å². The van der Waals surface area contributed by atoms with E-state index in [1.54, 1.807) is 0 Å². The van der Waals surface area contributed by atoms with Crippen LogP contribution in [0.15, 0.2) is 30.3 Å². The van der Waals surface area contributed by atoms with E-state index in [2.05, 4.69) is 49.1 Å². The van der Waals surface area contributed by atoms with E-state index in [0.29, 0.717) is 5.92 Å². The molecule has 1 aliphatic carbocycles. The van der Waals surface area contributed by atoms with Gasteiger partial charge in [0.2, 0.25) is 0 Å². The van der Waals surface area contributed by atoms with Crippen LogP contribution in [0.1, 0.15) is 42.8 Å². The van der Waals surface area contributed by atoms with Gasteiger partial charge >= 0.3 is 0 Å². The number of rotatable bonds is 5. The maximum absolute atomic E-state index is 4.94. The summed E-state index contributed by atoms with van der Waals surface area (Å²) in [5.74, 6) is 0.648. The largest absolute Gasteiger partial charge is 0.343 e. The van der Waals surface area contributed by atoms with Crippen LogP contribution in [0.3, 0.4) is 0 Å². The van der Waals surface area contributed by atoms with Crippen LogP contribution in [-0.4, -0.2) is 11.5 Å². The van der Waals surface area contributed by atoms with E-state index in [-0.39, 0.29) is 0 Å². The van der Waals surface area contributed by atoms with Crippen LogP contribution < -0.4 is 4.90 Å². The van der Waals surface area contributed by atoms with Crippen molar-refractivity contribution < 1.29 is 0 Å². The molecule has 21 heavy (non-hydrogen) atoms. The molecule has 1 aromatic heterocycles. The first-order valence-electron chi connectivity index (χ1n) is 8.00. The zero-order chi connectivity index (χ0) is 14.7. The number of benzene rings is 1. The quantitative estimate of drug-likeness (QED) is 0.796. The molecule has 0 unspecified atom stereocenters. The van der Waals surface area contributed by atoms with Gasteiger partial charge < -0.3 is 4.90 Å². The van der Waals surface area contributed by atoms with Crippen LogP contribution in [0.2, 0.25) is 0 Å². The number of fused-ring (bicyclic) bond motifs is 1. The van der Waals surface area contributed by atoms with E-state index in [9.17, 15) is 0 Å². The molecule has 0 aliphatic heterocycles. The van der Waals surface area contributed by atoms with Crippen molar-refractivity contribution >= 4 is 16.5 Å². The smallest absolute Gasteiger partial charge is 0.186 e. The average Bonchev–Trinajstić information content (AvgIpc) is 2.91. The van der Waals surface area contributed by atoms with Crippen LogP contribution in [0.5, 0.6) is 0 Å². The molecule has 2 aromatic rings. The molecule has 1 aliphatic rings. The topological polar surface area (TPSA) is 16.1 Å². The summed E-state index contributed by atoms with van der Waals surface area (Å²) >= 11 is 1.92. The first kappa shape index (κ1) is 14.6. The summed E-state index contributed by atoms with van der Waals surface area (Å²) in [6, 6.07) is 10.7. The Labute approximate surface area is 131 Å². The Morgan fingerprint density at radius 2 is 1.90 bits per heavy atom. The molecule has 1 aromatic carbocycles. The SMILES string of the molecule is CC(C)CN(Cc1ccccc1)c1nc2c(s1)CCCC2. The summed E-state index contributed by atoms with van der Waals surface area (Å²) in [5.41, 5.74) is 2.73. The monoisotopic (exact) mass is 300 g/mol. The minimum Gasteiger partial charge on any atom is -0.343 e. The van der Waals surface area contributed by atoms with E-state index in [1.807, 2.05) is 11.3 Å². The van der Waals surface area contributed by atoms with E-state index >= 15 is 0 Å². The van der Waals surface area contributed by atoms with Crippen LogP contribution in [0, 0.1) is 5.92 Å². The molecule has 0 spiro atoms. The lowest BCUT2D eigenvalue weighted by Gasteiger charge is -2.24. The lowest BCUT2D eigenvalue weighted by atomic mass is 10.0. The predicted octanol–water partition coefficient (Wildman–Crippen LogP) is 4.68. The summed E-state index contributed by atoms with van der Waals surface area (Å²) in [5, 5.41) is 1.22. The van der Waals surface area contributed by atoms with Gasteiger partial charge in [0.05, 0.1) is 5.69 Å². The second kappa shape index (κ2) is 6.61. The molecule has 3 rings (SSSR count). The highest BCUT2D eigenvalue weighted by atomic mass is 32.1. The van der Waals surface area contributed by atoms with Crippen LogP contribution in [0.4, 0.5) is 5.13 Å². The number of nitrogens with zero attached hydrogens (tertiary/aromatic N) is 2. The zero-order valence-electron chi connectivity index (χ0n) is 13.0. The summed E-state index contributed by atoms with van der Waals surface area (Å²) in [4.78, 5) is 8.93. The van der Waals surface area contributed by atoms with Gasteiger partial charge in [-0.3, -0.25) is 0 Å². The van der Waals surface area contributed by atoms with Gasteiger partial charge in [-0.25, -0.2) is 4.98 Å². The molecule has 3 heteroatoms. The van der Waals surface area contributed by atoms with E-state index < -0.39 is 0 Å². The molecule has 0 atom stereocenters. The normalized spacial score (nSPS) is 14.2. The highest BCUT2D eigenvalue weighted by molar-refractivity contribution is 7.15. The minimum absolute atomic E-state index is 0.648. The van der Waals surface area contributed by atoms with Gasteiger partial charge in [0.1, 0.15) is 0 Å². The Hall–Kier alpha value is -1.35. The predicted molar refractivity (Wildman–Crippen MR) is 91.1 cm³/mol. The average molecular weight is 300 g/mol. The van der Waals surface area contributed by atoms with Gasteiger partial charge in [-0.15, -0.1) is 11.3 Å². The number of aryl methyl sites for hydroxylation is 2. The summed E-state index contributed by atoms with van der Waals surface area (Å²) in [6.07, 6.45) is 5.04. The zero-order valence-corrected chi connectivity index (χ0v) is 13.8. The summed E-state index contributed by atoms with van der Waals surface area (Å²) in [7, 11) is 0. The van der Waals surface area contributed by atoms with E-state index in [1.165, 1.54) is 46.9 Å². The van der Waals surface area contributed by atoms with Crippen molar-refractivity contribution in [2.45, 2.75) is 46.1 Å². The van der Waals surface area contributed by atoms with Gasteiger partial charge in [-0.1, -0.05) is 44.2 Å². The van der Waals surface area contributed by atoms with Crippen LogP contribution >= 0.6 is 11.3 Å². The Kier molecular flexibility index (Phi) is 4.59. The number of aromatic nitrogens is 1. The van der Waals surface area contributed by atoms with Crippen molar-refractivity contribution in [2.24, 2.45) is 5.92 Å². The van der Waals surface area contributed by atoms with Gasteiger partial charge in [-0.2, -0.15) is 0 Å². The van der Waals surface area contributed by atoms with E-state index in [4.69, 9.17) is 4.98 Å². The number of anilines is 1. The van der Waals surface area contributed by atoms with Crippen molar-refractivity contribution in [3.63, 3.8) is 0 Å². The van der Waals surface area contributed by atoms with Gasteiger partial charge in [0.25, 0.3) is 0 Å². The molecule has 112 valence electrons. The van der Waals surface area contributed by atoms with Crippen molar-refractivity contribution in [2.75, 3.05) is 11.4 Å². The molecule has 0 fully saturated rings. The Morgan fingerprint density at radius 1 is 1.14 bits per heavy atom. The molecule has 0 saturated heterocycles. The minimum atomic E-state index is 0.648. The molecular formula is C18H24N2S. The fourth-order valence-corrected chi connectivity index (χ4v) is 4.08. The highest BCUT2D eigenvalue weighted by Crippen LogP contribution is 2.32. The maximum Gasteiger partial charge on any atom is 0.186 e. The van der Waals surface area contributed by atoms with Crippen molar-refractivity contribution in [1.82, 2.24) is 4.98 Å². The van der Waals surface area contributed by atoms with E-state index in [0.717, 1.165) is 13.1 Å². The lowest BCUT2D eigenvalue weighted by Crippen LogP contribution is -2.27. The third kappa shape index (κ3) is 3.65. The second-order valence-corrected chi connectivity index (χ2v) is 7.40. The molecule has 0 amide bonds. The second-order valence-electron chi connectivity index (χ2n) is 6.33. The molecule has 0 saturated carbocycles. The highest BCUT2D eigenvalue weighted by Gasteiger charge is 2.19. The third-order valence-corrected chi connectivity index (χ3v) is 5.12. The molecule has 2 nitrogen and oxygen atoms in total. The molecular weight excluding hydrogens is 276 g/mol. The summed E-state index contributed by atoms with van der Waals surface area (Å²) < 4.78 is 0. The Bertz CT molecular complexity index is 551. The standard InChI is InChI=1S/C18H24N2S/c1-14(2)12-20(13-15-8-4-3-5-9-15)18-19-16-10-6-7-11-17(16)21-18/h3-5,8-9,14H,6-7,10-13H2,1-2H3. The molecule has 0 N–H and O–H groups in total. The summed E-state index contributed by atoms with van der Waals surface area (Å²) in [6.45, 7) is 6.60. The van der Waals surface area contributed by atoms with Gasteiger partial charge in [0.15, 0.2) is 5.13 Å². The first-order chi connectivity index (χ1) is 10.2. The number of thiazole rings is 1. The Balaban J connectivity index is 1.83. The molecule has 1 heterocycles. The number of hydrogen-bond donors (Lipinski definition) is 0. The fraction of sp³-hybridized carbons (Fsp3) is 0.500. The van der Waals surface area contributed by atoms with Crippen molar-refractivity contribution in [3.05, 3.63) is 46.5 Å². The third-order valence-electron chi connectivity index (χ3n) is 3.91.